The van der Waals surface area contributed by atoms with Crippen molar-refractivity contribution in [2.45, 2.75) is 32.4 Å². The zero-order valence-corrected chi connectivity index (χ0v) is 29.0. The molecule has 13 heteroatoms. The van der Waals surface area contributed by atoms with Gasteiger partial charge in [0, 0.05) is 77.7 Å². The van der Waals surface area contributed by atoms with Gasteiger partial charge in [-0.15, -0.1) is 22.7 Å². The first-order valence-electron chi connectivity index (χ1n) is 16.5. The van der Waals surface area contributed by atoms with E-state index in [-0.39, 0.29) is 17.2 Å². The van der Waals surface area contributed by atoms with Gasteiger partial charge in [0.05, 0.1) is 16.1 Å². The fourth-order valence-corrected chi connectivity index (χ4v) is 8.76. The number of fused-ring (bicyclic) bond motifs is 3. The fourth-order valence-electron chi connectivity index (χ4n) is 7.03. The number of anilines is 4. The van der Waals surface area contributed by atoms with Crippen LogP contribution < -0.4 is 20.4 Å². The number of carbonyl (C=O) groups excluding carboxylic acids is 2. The number of hydrogen-bond donors (Lipinski definition) is 3. The Balaban J connectivity index is 0.988. The van der Waals surface area contributed by atoms with Crippen molar-refractivity contribution >= 4 is 56.8 Å². The molecule has 6 heterocycles. The van der Waals surface area contributed by atoms with Gasteiger partial charge in [0.15, 0.2) is 11.4 Å². The summed E-state index contributed by atoms with van der Waals surface area (Å²) >= 11 is 2.80. The van der Waals surface area contributed by atoms with Gasteiger partial charge in [-0.05, 0) is 91.9 Å². The molecule has 3 aliphatic rings. The number of halogens is 1. The number of hydrogen-bond acceptors (Lipinski definition) is 10. The van der Waals surface area contributed by atoms with Crippen LogP contribution >= 0.6 is 22.7 Å². The van der Waals surface area contributed by atoms with Crippen molar-refractivity contribution in [2.75, 3.05) is 53.3 Å². The molecule has 0 bridgehead atoms. The second-order valence-corrected chi connectivity index (χ2v) is 15.1. The number of thiophene rings is 1. The Hall–Kier alpha value is -4.69. The van der Waals surface area contributed by atoms with Crippen LogP contribution in [-0.2, 0) is 11.2 Å². The predicted octanol–water partition coefficient (Wildman–Crippen LogP) is 6.89. The number of pyridine rings is 1. The van der Waals surface area contributed by atoms with Gasteiger partial charge in [-0.25, -0.2) is 14.4 Å². The molecule has 2 saturated heterocycles. The molecule has 0 saturated carbocycles. The molecular weight excluding hydrogens is 676 g/mol. The summed E-state index contributed by atoms with van der Waals surface area (Å²) in [6.45, 7) is 5.50. The van der Waals surface area contributed by atoms with Crippen LogP contribution in [0.3, 0.4) is 0 Å². The van der Waals surface area contributed by atoms with E-state index in [1.807, 2.05) is 24.4 Å². The Labute approximate surface area is 296 Å². The molecule has 1 spiro atoms. The molecule has 10 nitrogen and oxygen atoms in total. The van der Waals surface area contributed by atoms with E-state index in [1.165, 1.54) is 34.8 Å². The number of rotatable bonds is 7. The third-order valence-corrected chi connectivity index (χ3v) is 11.6. The van der Waals surface area contributed by atoms with Gasteiger partial charge in [0.25, 0.3) is 11.8 Å². The van der Waals surface area contributed by atoms with E-state index >= 15 is 0 Å². The molecule has 1 atom stereocenters. The van der Waals surface area contributed by atoms with Crippen LogP contribution in [0, 0.1) is 18.2 Å². The summed E-state index contributed by atoms with van der Waals surface area (Å²) in [5.41, 5.74) is 4.76. The summed E-state index contributed by atoms with van der Waals surface area (Å²) in [6, 6.07) is 15.0. The summed E-state index contributed by atoms with van der Waals surface area (Å²) in [4.78, 5) is 41.7. The van der Waals surface area contributed by atoms with Crippen LogP contribution in [0.25, 0.3) is 10.4 Å². The number of aromatic nitrogens is 2. The monoisotopic (exact) mass is 710 g/mol. The van der Waals surface area contributed by atoms with Crippen LogP contribution in [0.1, 0.15) is 55.8 Å². The smallest absolute Gasteiger partial charge is 0.259 e. The van der Waals surface area contributed by atoms with Crippen LogP contribution in [0.4, 0.5) is 26.7 Å². The van der Waals surface area contributed by atoms with Crippen LogP contribution in [0.15, 0.2) is 72.4 Å². The van der Waals surface area contributed by atoms with E-state index in [0.29, 0.717) is 51.3 Å². The van der Waals surface area contributed by atoms with E-state index in [0.717, 1.165) is 60.7 Å². The topological polar surface area (TPSA) is 120 Å². The lowest BCUT2D eigenvalue weighted by Crippen LogP contribution is -2.59. The lowest BCUT2D eigenvalue weighted by molar-refractivity contribution is -0.000510. The number of nitrogens with one attached hydrogen (secondary N) is 2. The average Bonchev–Trinajstić information content (AvgIpc) is 3.76. The highest BCUT2D eigenvalue weighted by molar-refractivity contribution is 7.16. The minimum atomic E-state index is -0.951. The number of aliphatic hydroxyl groups excluding tert-OH is 1. The molecule has 0 aliphatic carbocycles. The standard InChI is InChI=1S/C37H35FN6O4S2/c1-22-16-28(32(40-19-22)43-20-37(21-43)9-13-48-14-10-37)33(45)41-26-5-2-23(3-6-26)35(47)44-12-8-24-17-30(34(46)42-36-39-11-15-49-36)50-31(24)27-7-4-25(38)18-29(27)44/h2-7,11,15-19,34,46H,8-10,12-14,20-21H2,1H3,(H,39,42)(H,41,45). The normalized spacial score (nSPS) is 16.9. The molecule has 3 aliphatic heterocycles. The van der Waals surface area contributed by atoms with Crippen molar-refractivity contribution in [1.82, 2.24) is 9.97 Å². The van der Waals surface area contributed by atoms with Gasteiger partial charge in [0.2, 0.25) is 0 Å². The molecule has 3 aromatic heterocycles. The van der Waals surface area contributed by atoms with Crippen molar-refractivity contribution in [2.24, 2.45) is 5.41 Å². The van der Waals surface area contributed by atoms with E-state index in [1.54, 1.807) is 47.6 Å². The Morgan fingerprint density at radius 1 is 1.06 bits per heavy atom. The molecule has 1 unspecified atom stereocenters. The van der Waals surface area contributed by atoms with Gasteiger partial charge in [0.1, 0.15) is 11.6 Å². The second-order valence-electron chi connectivity index (χ2n) is 13.1. The van der Waals surface area contributed by atoms with Gasteiger partial charge in [-0.1, -0.05) is 0 Å². The number of benzene rings is 2. The maximum Gasteiger partial charge on any atom is 0.259 e. The third-order valence-electron chi connectivity index (χ3n) is 9.68. The molecule has 2 amide bonds. The number of nitrogens with zero attached hydrogens (tertiary/aromatic N) is 4. The van der Waals surface area contributed by atoms with Crippen molar-refractivity contribution in [1.29, 1.82) is 0 Å². The lowest BCUT2D eigenvalue weighted by atomic mass is 9.73. The van der Waals surface area contributed by atoms with Crippen molar-refractivity contribution < 1.29 is 23.8 Å². The van der Waals surface area contributed by atoms with Crippen molar-refractivity contribution in [3.05, 3.63) is 105 Å². The summed E-state index contributed by atoms with van der Waals surface area (Å²) in [6.07, 6.45) is 5.06. The Kier molecular flexibility index (Phi) is 8.59. The molecule has 50 heavy (non-hydrogen) atoms. The Bertz CT molecular complexity index is 2050. The highest BCUT2D eigenvalue weighted by Gasteiger charge is 2.45. The average molecular weight is 711 g/mol. The number of carbonyl (C=O) groups is 2. The number of amides is 2. The molecule has 0 radical (unpaired) electrons. The maximum absolute atomic E-state index is 14.7. The summed E-state index contributed by atoms with van der Waals surface area (Å²) in [5.74, 6) is -0.315. The van der Waals surface area contributed by atoms with E-state index in [4.69, 9.17) is 4.74 Å². The van der Waals surface area contributed by atoms with E-state index in [2.05, 4.69) is 25.5 Å². The number of thiazole rings is 1. The van der Waals surface area contributed by atoms with Crippen LogP contribution in [0.5, 0.6) is 0 Å². The first kappa shape index (κ1) is 32.5. The molecule has 3 N–H and O–H groups in total. The van der Waals surface area contributed by atoms with E-state index in [9.17, 15) is 19.1 Å². The quantitative estimate of drug-likeness (QED) is 0.156. The van der Waals surface area contributed by atoms with Gasteiger partial charge >= 0.3 is 0 Å². The second kappa shape index (κ2) is 13.2. The number of aryl methyl sites for hydroxylation is 1. The highest BCUT2D eigenvalue weighted by Crippen LogP contribution is 2.44. The molecular formula is C37H35FN6O4S2. The number of aliphatic hydroxyl groups is 1. The molecule has 5 aromatic rings. The minimum absolute atomic E-state index is 0.233. The Morgan fingerprint density at radius 3 is 2.62 bits per heavy atom. The van der Waals surface area contributed by atoms with Gasteiger partial charge in [-0.2, -0.15) is 0 Å². The van der Waals surface area contributed by atoms with Crippen LogP contribution in [-0.4, -0.2) is 59.7 Å². The molecule has 2 aromatic carbocycles. The summed E-state index contributed by atoms with van der Waals surface area (Å²) in [5, 5.41) is 19.3. The first-order valence-corrected chi connectivity index (χ1v) is 18.2. The summed E-state index contributed by atoms with van der Waals surface area (Å²) in [7, 11) is 0. The third kappa shape index (κ3) is 6.26. The first-order chi connectivity index (χ1) is 24.2. The molecule has 2 fully saturated rings. The van der Waals surface area contributed by atoms with Crippen LogP contribution in [0.2, 0.25) is 0 Å². The van der Waals surface area contributed by atoms with Crippen molar-refractivity contribution in [3.8, 4) is 10.4 Å². The van der Waals surface area contributed by atoms with E-state index < -0.39 is 12.0 Å². The largest absolute Gasteiger partial charge is 0.381 e. The van der Waals surface area contributed by atoms with Gasteiger partial charge in [-0.3, -0.25) is 9.59 Å². The molecule has 256 valence electrons. The highest BCUT2D eigenvalue weighted by atomic mass is 32.1. The zero-order chi connectivity index (χ0) is 34.4. The fraction of sp³-hybridized carbons (Fsp3) is 0.297. The Morgan fingerprint density at radius 2 is 1.86 bits per heavy atom. The minimum Gasteiger partial charge on any atom is -0.381 e. The van der Waals surface area contributed by atoms with Crippen molar-refractivity contribution in [3.63, 3.8) is 0 Å². The molecule has 8 rings (SSSR count). The maximum atomic E-state index is 14.7. The predicted molar refractivity (Wildman–Crippen MR) is 194 cm³/mol. The SMILES string of the molecule is Cc1cnc(N2CC3(CCOCC3)C2)c(C(=O)Nc2ccc(C(=O)N3CCc4cc(C(O)Nc5nccs5)sc4-c4ccc(F)cc43)cc2)c1. The lowest BCUT2D eigenvalue weighted by Gasteiger charge is -2.53. The zero-order valence-electron chi connectivity index (χ0n) is 27.3. The number of ether oxygens (including phenoxy) is 1. The van der Waals surface area contributed by atoms with Gasteiger partial charge < -0.3 is 30.3 Å². The summed E-state index contributed by atoms with van der Waals surface area (Å²) < 4.78 is 20.2.